The third kappa shape index (κ3) is 18.4. The van der Waals surface area contributed by atoms with Crippen LogP contribution in [0.4, 0.5) is 5.82 Å². The summed E-state index contributed by atoms with van der Waals surface area (Å²) in [7, 11) is 0. The number of hydrogen-bond donors (Lipinski definition) is 0. The molecule has 0 atom stereocenters. The quantitative estimate of drug-likeness (QED) is 0.0420. The number of thioether (sulfide) groups is 1. The second kappa shape index (κ2) is 39.9. The van der Waals surface area contributed by atoms with E-state index in [-0.39, 0.29) is 0 Å². The molecule has 0 aliphatic carbocycles. The third-order valence-corrected chi connectivity index (χ3v) is 47.1. The number of hydrogen-bond acceptors (Lipinski definition) is 60. The van der Waals surface area contributed by atoms with Gasteiger partial charge in [-0.1, -0.05) is 0 Å². The van der Waals surface area contributed by atoms with Crippen molar-refractivity contribution in [3.63, 3.8) is 0 Å². The zero-order chi connectivity index (χ0) is 98.5. The van der Waals surface area contributed by atoms with Gasteiger partial charge in [0.1, 0.15) is 300 Å². The van der Waals surface area contributed by atoms with E-state index in [0.717, 1.165) is 311 Å². The predicted molar refractivity (Wildman–Crippen MR) is 637 cm³/mol. The van der Waals surface area contributed by atoms with E-state index in [1.165, 1.54) is 181 Å². The zero-order valence-corrected chi connectivity index (χ0v) is 97.8. The van der Waals surface area contributed by atoms with Crippen LogP contribution in [0.5, 0.6) is 0 Å². The highest BCUT2D eigenvalue weighted by molar-refractivity contribution is 8.02. The minimum atomic E-state index is 0.781. The zero-order valence-electron chi connectivity index (χ0n) is 73.3. The van der Waals surface area contributed by atoms with Crippen molar-refractivity contribution in [2.24, 2.45) is 0 Å². The molecular weight excluding hydrogens is 2460 g/mol. The normalized spacial score (nSPS) is 12.4. The molecule has 1 aliphatic heterocycles. The Kier molecular flexibility index (Phi) is 25.0. The molecule has 30 rings (SSSR count). The van der Waals surface area contributed by atoms with E-state index in [0.29, 0.717) is 0 Å². The van der Waals surface area contributed by atoms with Gasteiger partial charge in [0.15, 0.2) is 0 Å². The topological polar surface area (TPSA) is 377 Å². The van der Waals surface area contributed by atoms with Gasteiger partial charge in [-0.3, -0.25) is 0 Å². The lowest BCUT2D eigenvalue weighted by Crippen LogP contribution is -2.16. The van der Waals surface area contributed by atoms with Crippen LogP contribution < -0.4 is 4.90 Å². The molecule has 0 saturated carbocycles. The van der Waals surface area contributed by atoms with E-state index in [4.69, 9.17) is 135 Å². The minimum absolute atomic E-state index is 0.781. The first-order chi connectivity index (χ1) is 74.0. The summed E-state index contributed by atoms with van der Waals surface area (Å²) in [6, 6.07) is 0. The Hall–Kier alpha value is -10.8. The van der Waals surface area contributed by atoms with Crippen LogP contribution in [0.1, 0.15) is 5.01 Å². The van der Waals surface area contributed by atoms with Crippen LogP contribution in [0, 0.1) is 0 Å². The molecule has 29 aromatic rings. The molecule has 0 radical (unpaired) electrons. The first-order valence-electron chi connectivity index (χ1n) is 42.8. The number of aromatic nitrogens is 29. The van der Waals surface area contributed by atoms with E-state index in [1.54, 1.807) is 165 Å². The molecule has 724 valence electrons. The SMILES string of the molecule is C1=C(c2nc(-c3nc(-c4nc(-c5nc(-c6nc(-c7nc(-c8nc(-c9nc(-c%10nc(-c%11nc(-c%12nc(-c%13nc(-c%14nc(-c%15nc(-c%16nc(-c%17nc(-c%18nc(-c%19nc(-c%20nc(-c%21nc(-c%22nc(-c%23nc(-c%24nc(-c%25nc(-c%26nc(-c%27nc(-c%28nc(-c%29nccs%29)cs%28)cs%27)cs%26)cs%25)cs%24)cs%23)cs%22)cs%21)cs%20)cs%19)cs%18)cs%17)cs%16)cs%15)cs%14)cs%13)cs%12)cs%11)cs%10)cs9)cs8)cs7)cs6)cs5)cs4)cs3)cs2)N(c2cscn2)CS1. The number of nitrogens with zero attached hydrogens (tertiary/aromatic N) is 30. The molecule has 0 N–H and O–H groups in total. The fraction of sp³-hybridized carbons (Fsp3) is 0.0111. The first-order valence-corrected chi connectivity index (χ1v) is 69.4. The van der Waals surface area contributed by atoms with Crippen molar-refractivity contribution in [1.82, 2.24) is 145 Å². The molecule has 0 unspecified atom stereocenters. The standard InChI is InChI=1S/C90H34N30S30/c1-2-123-63(91-1)34-3-124-64(93-34)35-4-125-65(94-35)36-5-126-66(95-36)37-6-127-67(96-37)38-7-128-68(97-38)39-8-129-69(98-39)40-9-130-70(99-40)41-10-131-71(100-41)42-11-132-72(101-42)43-12-133-73(102-43)44-13-134-74(103-44)45-14-135-75(104-45)46-15-136-76(105-46)47-16-137-77(106-47)48-17-138-78(107-48)49-18-139-79(108-49)50-19-140-80(109-50)51-20-141-81(110-51)52-21-142-82(111-52)53-22-143-83(112-53)54-23-144-84(113-54)55-24-145-85(114-55)56-25-146-86(115-56)57-26-147-87(116-57)58-27-148-88(117-58)59-28-149-89(118-59)60-29-150-90(119-60)61-30-122-33-120(61)62-31-121-32-92-62/h1-32H,33H2. The smallest absolute Gasteiger partial charge is 0.144 e. The van der Waals surface area contributed by atoms with Gasteiger partial charge < -0.3 is 4.90 Å². The first kappa shape index (κ1) is 93.9. The van der Waals surface area contributed by atoms with Gasteiger partial charge >= 0.3 is 0 Å². The van der Waals surface area contributed by atoms with Crippen molar-refractivity contribution in [1.29, 1.82) is 0 Å². The van der Waals surface area contributed by atoms with Gasteiger partial charge in [-0.15, -0.1) is 341 Å². The van der Waals surface area contributed by atoms with E-state index in [2.05, 4.69) is 31.0 Å². The lowest BCUT2D eigenvalue weighted by atomic mass is 10.4. The van der Waals surface area contributed by atoms with Gasteiger partial charge in [0.2, 0.25) is 0 Å². The molecule has 30 nitrogen and oxygen atoms in total. The Bertz CT molecular complexity index is 9440. The predicted octanol–water partition coefficient (Wildman–Crippen LogP) is 33.4. The monoisotopic (exact) mass is 2490 g/mol. The molecule has 0 aromatic carbocycles. The average molecular weight is 2500 g/mol. The van der Waals surface area contributed by atoms with Crippen molar-refractivity contribution in [2.75, 3.05) is 10.8 Å². The van der Waals surface area contributed by atoms with Gasteiger partial charge in [0.25, 0.3) is 0 Å². The van der Waals surface area contributed by atoms with Crippen molar-refractivity contribution in [3.8, 4) is 289 Å². The highest BCUT2D eigenvalue weighted by Crippen LogP contribution is 2.50. The maximum atomic E-state index is 5.03. The molecule has 0 spiro atoms. The van der Waals surface area contributed by atoms with Crippen LogP contribution in [0.15, 0.2) is 173 Å². The molecule has 0 saturated heterocycles. The summed E-state index contributed by atoms with van der Waals surface area (Å²) in [5.74, 6) is 1.76. The van der Waals surface area contributed by atoms with Gasteiger partial charge in [-0.05, 0) is 5.41 Å². The van der Waals surface area contributed by atoms with E-state index in [1.807, 2.05) is 151 Å². The second-order valence-electron chi connectivity index (χ2n) is 30.9. The maximum absolute atomic E-state index is 5.03. The van der Waals surface area contributed by atoms with Gasteiger partial charge in [-0.2, -0.15) is 0 Å². The van der Waals surface area contributed by atoms with Crippen LogP contribution >= 0.6 is 341 Å². The lowest BCUT2D eigenvalue weighted by Gasteiger charge is -2.16. The highest BCUT2D eigenvalue weighted by Gasteiger charge is 2.31. The van der Waals surface area contributed by atoms with Crippen LogP contribution in [-0.2, 0) is 0 Å². The molecular formula is C90H34N30S30. The maximum Gasteiger partial charge on any atom is 0.144 e. The molecule has 30 heterocycles. The summed E-state index contributed by atoms with van der Waals surface area (Å²) >= 11 is 46.6. The van der Waals surface area contributed by atoms with Crippen molar-refractivity contribution < 1.29 is 0 Å². The van der Waals surface area contributed by atoms with Crippen LogP contribution in [-0.4, -0.2) is 150 Å². The Balaban J connectivity index is 0.307. The molecule has 0 amide bonds. The number of thiazole rings is 29. The Labute approximate surface area is 961 Å². The third-order valence-electron chi connectivity index (χ3n) is 21.6. The molecule has 0 bridgehead atoms. The Morgan fingerprint density at radius 3 is 0.420 bits per heavy atom. The summed E-state index contributed by atoms with van der Waals surface area (Å²) in [6.07, 6.45) is 1.79. The van der Waals surface area contributed by atoms with Crippen LogP contribution in [0.3, 0.4) is 0 Å². The Morgan fingerprint density at radius 2 is 0.287 bits per heavy atom. The van der Waals surface area contributed by atoms with Crippen LogP contribution in [0.25, 0.3) is 295 Å². The average Bonchev–Trinajstić information content (AvgIpc) is 1.71. The minimum Gasteiger partial charge on any atom is -0.312 e. The van der Waals surface area contributed by atoms with E-state index in [9.17, 15) is 0 Å². The summed E-state index contributed by atoms with van der Waals surface area (Å²) in [6.45, 7) is 0. The van der Waals surface area contributed by atoms with Crippen LogP contribution in [0.2, 0.25) is 0 Å². The van der Waals surface area contributed by atoms with Crippen molar-refractivity contribution in [2.45, 2.75) is 0 Å². The van der Waals surface area contributed by atoms with Crippen molar-refractivity contribution in [3.05, 3.63) is 178 Å². The van der Waals surface area contributed by atoms with Crippen molar-refractivity contribution >= 4 is 352 Å². The molecule has 60 heteroatoms. The fourth-order valence-electron chi connectivity index (χ4n) is 14.6. The van der Waals surface area contributed by atoms with Gasteiger partial charge in [0, 0.05) is 162 Å². The Morgan fingerprint density at radius 1 is 0.147 bits per heavy atom. The fourth-order valence-corrected chi connectivity index (χ4v) is 39.4. The summed E-state index contributed by atoms with van der Waals surface area (Å²) in [4.78, 5) is 146. The van der Waals surface area contributed by atoms with Gasteiger partial charge in [-0.25, -0.2) is 145 Å². The summed E-state index contributed by atoms with van der Waals surface area (Å²) in [5, 5.41) is 84.0. The second-order valence-corrected chi connectivity index (χ2v) is 56.5. The largest absolute Gasteiger partial charge is 0.312 e. The molecule has 29 aromatic heterocycles. The molecule has 150 heavy (non-hydrogen) atoms. The lowest BCUT2D eigenvalue weighted by molar-refractivity contribution is 1.14. The molecule has 0 fully saturated rings. The van der Waals surface area contributed by atoms with E-state index >= 15 is 0 Å². The molecule has 1 aliphatic rings. The summed E-state index contributed by atoms with van der Waals surface area (Å²) < 4.78 is 0. The highest BCUT2D eigenvalue weighted by atomic mass is 32.2. The number of anilines is 1. The van der Waals surface area contributed by atoms with E-state index < -0.39 is 0 Å². The van der Waals surface area contributed by atoms with Gasteiger partial charge in [0.05, 0.1) is 17.1 Å². The number of rotatable bonds is 29. The summed E-state index contributed by atoms with van der Waals surface area (Å²) in [5.41, 5.74) is 24.5.